The van der Waals surface area contributed by atoms with Crippen molar-refractivity contribution in [3.05, 3.63) is 64.8 Å². The molecule has 0 atom stereocenters. The lowest BCUT2D eigenvalue weighted by molar-refractivity contribution is 0.0767. The van der Waals surface area contributed by atoms with Crippen LogP contribution in [0.4, 0.5) is 0 Å². The predicted octanol–water partition coefficient (Wildman–Crippen LogP) is 5.23. The Morgan fingerprint density at radius 2 is 1.74 bits per heavy atom. The Morgan fingerprint density at radius 1 is 0.926 bits per heavy atom. The SMILES string of the molecule is CCc1cc(OCCOCCOc2cccc3ccc(C)nc23)ccc1Cl. The zero-order valence-corrected chi connectivity index (χ0v) is 16.5. The van der Waals surface area contributed by atoms with Crippen LogP contribution in [0.1, 0.15) is 18.2 Å². The number of hydrogen-bond acceptors (Lipinski definition) is 4. The van der Waals surface area contributed by atoms with Crippen LogP contribution in [0.15, 0.2) is 48.5 Å². The van der Waals surface area contributed by atoms with E-state index in [0.717, 1.165) is 45.1 Å². The number of benzene rings is 2. The summed E-state index contributed by atoms with van der Waals surface area (Å²) >= 11 is 6.11. The molecule has 0 bridgehead atoms. The Morgan fingerprint density at radius 3 is 2.56 bits per heavy atom. The first-order valence-corrected chi connectivity index (χ1v) is 9.53. The average molecular weight is 386 g/mol. The van der Waals surface area contributed by atoms with E-state index in [4.69, 9.17) is 25.8 Å². The molecule has 27 heavy (non-hydrogen) atoms. The molecule has 0 aliphatic heterocycles. The number of hydrogen-bond donors (Lipinski definition) is 0. The molecule has 0 saturated heterocycles. The molecular weight excluding hydrogens is 362 g/mol. The van der Waals surface area contributed by atoms with E-state index in [-0.39, 0.29) is 0 Å². The molecule has 0 aliphatic rings. The van der Waals surface area contributed by atoms with E-state index in [2.05, 4.69) is 18.0 Å². The fraction of sp³-hybridized carbons (Fsp3) is 0.318. The topological polar surface area (TPSA) is 40.6 Å². The second kappa shape index (κ2) is 9.58. The Bertz CT molecular complexity index is 898. The van der Waals surface area contributed by atoms with Gasteiger partial charge in [0, 0.05) is 16.1 Å². The second-order valence-electron chi connectivity index (χ2n) is 6.20. The summed E-state index contributed by atoms with van der Waals surface area (Å²) in [5, 5.41) is 1.85. The zero-order chi connectivity index (χ0) is 19.1. The van der Waals surface area contributed by atoms with Gasteiger partial charge in [-0.25, -0.2) is 4.98 Å². The van der Waals surface area contributed by atoms with Gasteiger partial charge in [-0.15, -0.1) is 0 Å². The van der Waals surface area contributed by atoms with Crippen molar-refractivity contribution >= 4 is 22.5 Å². The molecule has 3 rings (SSSR count). The highest BCUT2D eigenvalue weighted by Gasteiger charge is 2.04. The number of nitrogens with zero attached hydrogens (tertiary/aromatic N) is 1. The van der Waals surface area contributed by atoms with Crippen molar-refractivity contribution in [1.29, 1.82) is 0 Å². The van der Waals surface area contributed by atoms with Gasteiger partial charge in [-0.1, -0.05) is 36.7 Å². The largest absolute Gasteiger partial charge is 0.491 e. The highest BCUT2D eigenvalue weighted by atomic mass is 35.5. The quantitative estimate of drug-likeness (QED) is 0.473. The molecule has 0 spiro atoms. The van der Waals surface area contributed by atoms with Gasteiger partial charge in [0.05, 0.1) is 13.2 Å². The molecule has 0 saturated carbocycles. The minimum atomic E-state index is 0.468. The molecule has 0 unspecified atom stereocenters. The van der Waals surface area contributed by atoms with Gasteiger partial charge in [-0.2, -0.15) is 0 Å². The number of aryl methyl sites for hydroxylation is 2. The monoisotopic (exact) mass is 385 g/mol. The molecule has 0 amide bonds. The molecule has 3 aromatic rings. The van der Waals surface area contributed by atoms with Crippen molar-refractivity contribution in [3.8, 4) is 11.5 Å². The lowest BCUT2D eigenvalue weighted by Crippen LogP contribution is -2.12. The Kier molecular flexibility index (Phi) is 6.91. The van der Waals surface area contributed by atoms with Gasteiger partial charge < -0.3 is 14.2 Å². The van der Waals surface area contributed by atoms with E-state index in [1.54, 1.807) is 0 Å². The molecule has 0 fully saturated rings. The number of aromatic nitrogens is 1. The molecule has 0 N–H and O–H groups in total. The Hall–Kier alpha value is -2.30. The van der Waals surface area contributed by atoms with Crippen molar-refractivity contribution in [3.63, 3.8) is 0 Å². The van der Waals surface area contributed by atoms with Crippen molar-refractivity contribution < 1.29 is 14.2 Å². The maximum absolute atomic E-state index is 6.11. The van der Waals surface area contributed by atoms with Crippen LogP contribution < -0.4 is 9.47 Å². The van der Waals surface area contributed by atoms with Crippen molar-refractivity contribution in [2.75, 3.05) is 26.4 Å². The molecule has 0 aliphatic carbocycles. The molecular formula is C22H24ClNO3. The van der Waals surface area contributed by atoms with Crippen LogP contribution in [-0.4, -0.2) is 31.4 Å². The molecule has 0 radical (unpaired) electrons. The lowest BCUT2D eigenvalue weighted by Gasteiger charge is -2.11. The Balaban J connectivity index is 1.39. The molecule has 142 valence electrons. The Labute approximate surface area is 165 Å². The minimum Gasteiger partial charge on any atom is -0.491 e. The summed E-state index contributed by atoms with van der Waals surface area (Å²) in [5.74, 6) is 1.60. The number of pyridine rings is 1. The van der Waals surface area contributed by atoms with E-state index >= 15 is 0 Å². The molecule has 2 aromatic carbocycles. The normalized spacial score (nSPS) is 10.9. The van der Waals surface area contributed by atoms with Gasteiger partial charge in [0.1, 0.15) is 30.2 Å². The minimum absolute atomic E-state index is 0.468. The number of para-hydroxylation sites is 1. The van der Waals surface area contributed by atoms with Crippen LogP contribution in [0.3, 0.4) is 0 Å². The van der Waals surface area contributed by atoms with Crippen LogP contribution in [0, 0.1) is 6.92 Å². The first-order chi connectivity index (χ1) is 13.2. The third-order valence-electron chi connectivity index (χ3n) is 4.20. The third kappa shape index (κ3) is 5.34. The van der Waals surface area contributed by atoms with Gasteiger partial charge in [0.2, 0.25) is 0 Å². The summed E-state index contributed by atoms with van der Waals surface area (Å²) in [4.78, 5) is 4.56. The summed E-state index contributed by atoms with van der Waals surface area (Å²) in [6.45, 7) is 5.99. The van der Waals surface area contributed by atoms with Gasteiger partial charge in [-0.3, -0.25) is 0 Å². The molecule has 5 heteroatoms. The smallest absolute Gasteiger partial charge is 0.145 e. The number of ether oxygens (including phenoxy) is 3. The van der Waals surface area contributed by atoms with E-state index in [1.807, 2.05) is 49.4 Å². The summed E-state index contributed by atoms with van der Waals surface area (Å²) in [6.07, 6.45) is 0.881. The van der Waals surface area contributed by atoms with Crippen LogP contribution >= 0.6 is 11.6 Å². The average Bonchev–Trinajstić information content (AvgIpc) is 2.68. The molecule has 1 heterocycles. The summed E-state index contributed by atoms with van der Waals surface area (Å²) in [7, 11) is 0. The van der Waals surface area contributed by atoms with Gasteiger partial charge in [0.25, 0.3) is 0 Å². The van der Waals surface area contributed by atoms with Gasteiger partial charge in [0.15, 0.2) is 0 Å². The van der Waals surface area contributed by atoms with Crippen molar-refractivity contribution in [2.45, 2.75) is 20.3 Å². The van der Waals surface area contributed by atoms with E-state index in [9.17, 15) is 0 Å². The zero-order valence-electron chi connectivity index (χ0n) is 15.7. The molecule has 4 nitrogen and oxygen atoms in total. The van der Waals surface area contributed by atoms with Crippen LogP contribution in [0.5, 0.6) is 11.5 Å². The molecule has 1 aromatic heterocycles. The number of halogens is 1. The first-order valence-electron chi connectivity index (χ1n) is 9.15. The maximum atomic E-state index is 6.11. The van der Waals surface area contributed by atoms with E-state index < -0.39 is 0 Å². The first kappa shape index (κ1) is 19.5. The summed E-state index contributed by atoms with van der Waals surface area (Å²) < 4.78 is 17.1. The summed E-state index contributed by atoms with van der Waals surface area (Å²) in [6, 6.07) is 15.7. The number of rotatable bonds is 9. The van der Waals surface area contributed by atoms with Gasteiger partial charge >= 0.3 is 0 Å². The van der Waals surface area contributed by atoms with Gasteiger partial charge in [-0.05, 0) is 49.2 Å². The van der Waals surface area contributed by atoms with Crippen LogP contribution in [-0.2, 0) is 11.2 Å². The predicted molar refractivity (Wildman–Crippen MR) is 109 cm³/mol. The maximum Gasteiger partial charge on any atom is 0.145 e. The van der Waals surface area contributed by atoms with E-state index in [1.165, 1.54) is 0 Å². The van der Waals surface area contributed by atoms with Crippen molar-refractivity contribution in [2.24, 2.45) is 0 Å². The third-order valence-corrected chi connectivity index (χ3v) is 4.57. The highest BCUT2D eigenvalue weighted by Crippen LogP contribution is 2.24. The fourth-order valence-corrected chi connectivity index (χ4v) is 3.03. The lowest BCUT2D eigenvalue weighted by atomic mass is 10.1. The van der Waals surface area contributed by atoms with Crippen molar-refractivity contribution in [1.82, 2.24) is 4.98 Å². The summed E-state index contributed by atoms with van der Waals surface area (Å²) in [5.41, 5.74) is 2.94. The standard InChI is InChI=1S/C22H24ClNO3/c1-3-17-15-19(9-10-20(17)23)26-13-11-25-12-14-27-21-6-4-5-18-8-7-16(2)24-22(18)21/h4-10,15H,3,11-14H2,1-2H3. The van der Waals surface area contributed by atoms with Crippen LogP contribution in [0.2, 0.25) is 5.02 Å². The van der Waals surface area contributed by atoms with E-state index in [0.29, 0.717) is 26.4 Å². The van der Waals surface area contributed by atoms with Crippen LogP contribution in [0.25, 0.3) is 10.9 Å². The second-order valence-corrected chi connectivity index (χ2v) is 6.60. The fourth-order valence-electron chi connectivity index (χ4n) is 2.78. The highest BCUT2D eigenvalue weighted by molar-refractivity contribution is 6.31. The number of fused-ring (bicyclic) bond motifs is 1.